The minimum Gasteiger partial charge on any atom is -0.497 e. The van der Waals surface area contributed by atoms with Gasteiger partial charge in [0.05, 0.1) is 19.6 Å². The molecule has 0 heterocycles. The Kier molecular flexibility index (Phi) is 5.74. The van der Waals surface area contributed by atoms with Crippen LogP contribution in [0.4, 0.5) is 4.39 Å². The standard InChI is InChI=1S/C19H22FNO2/c1-4-21(14(2)16-8-6-10-18(13-16)23-3)19(22)12-15-7-5-9-17(20)11-15/h5-11,13-14H,4,12H2,1-3H3. The molecule has 1 atom stereocenters. The first kappa shape index (κ1) is 17.0. The van der Waals surface area contributed by atoms with Crippen molar-refractivity contribution >= 4 is 5.91 Å². The van der Waals surface area contributed by atoms with Gasteiger partial charge in [0, 0.05) is 6.54 Å². The molecule has 0 aliphatic carbocycles. The van der Waals surface area contributed by atoms with E-state index in [-0.39, 0.29) is 24.2 Å². The molecule has 0 aliphatic rings. The number of hydrogen-bond acceptors (Lipinski definition) is 2. The molecule has 1 amide bonds. The topological polar surface area (TPSA) is 29.5 Å². The SMILES string of the molecule is CCN(C(=O)Cc1cccc(F)c1)C(C)c1cccc(OC)c1. The maximum absolute atomic E-state index is 13.3. The molecule has 23 heavy (non-hydrogen) atoms. The Morgan fingerprint density at radius 1 is 1.22 bits per heavy atom. The van der Waals surface area contributed by atoms with E-state index in [0.717, 1.165) is 11.3 Å². The Morgan fingerprint density at radius 3 is 2.61 bits per heavy atom. The van der Waals surface area contributed by atoms with Crippen molar-refractivity contribution in [3.63, 3.8) is 0 Å². The molecular formula is C19H22FNO2. The van der Waals surface area contributed by atoms with E-state index in [9.17, 15) is 9.18 Å². The second-order valence-electron chi connectivity index (χ2n) is 5.44. The van der Waals surface area contributed by atoms with Crippen LogP contribution in [0.3, 0.4) is 0 Å². The number of methoxy groups -OCH3 is 1. The van der Waals surface area contributed by atoms with Crippen LogP contribution in [-0.2, 0) is 11.2 Å². The lowest BCUT2D eigenvalue weighted by Gasteiger charge is -2.29. The van der Waals surface area contributed by atoms with E-state index in [0.29, 0.717) is 12.1 Å². The van der Waals surface area contributed by atoms with E-state index < -0.39 is 0 Å². The second-order valence-corrected chi connectivity index (χ2v) is 5.44. The zero-order valence-electron chi connectivity index (χ0n) is 13.8. The van der Waals surface area contributed by atoms with Gasteiger partial charge < -0.3 is 9.64 Å². The van der Waals surface area contributed by atoms with E-state index in [1.54, 1.807) is 24.1 Å². The molecule has 0 saturated carbocycles. The number of benzene rings is 2. The number of ether oxygens (including phenoxy) is 1. The Labute approximate surface area is 136 Å². The quantitative estimate of drug-likeness (QED) is 0.807. The number of carbonyl (C=O) groups is 1. The average molecular weight is 315 g/mol. The van der Waals surface area contributed by atoms with Crippen LogP contribution in [0.2, 0.25) is 0 Å². The molecule has 0 fully saturated rings. The van der Waals surface area contributed by atoms with Crippen molar-refractivity contribution in [2.24, 2.45) is 0 Å². The maximum atomic E-state index is 13.3. The summed E-state index contributed by atoms with van der Waals surface area (Å²) >= 11 is 0. The van der Waals surface area contributed by atoms with Gasteiger partial charge in [-0.25, -0.2) is 4.39 Å². The lowest BCUT2D eigenvalue weighted by molar-refractivity contribution is -0.132. The molecule has 2 rings (SSSR count). The number of hydrogen-bond donors (Lipinski definition) is 0. The lowest BCUT2D eigenvalue weighted by Crippen LogP contribution is -2.34. The highest BCUT2D eigenvalue weighted by Gasteiger charge is 2.20. The first-order chi connectivity index (χ1) is 11.0. The monoisotopic (exact) mass is 315 g/mol. The molecule has 0 aromatic heterocycles. The molecule has 3 nitrogen and oxygen atoms in total. The van der Waals surface area contributed by atoms with Crippen LogP contribution in [0, 0.1) is 5.82 Å². The van der Waals surface area contributed by atoms with E-state index in [1.165, 1.54) is 12.1 Å². The number of likely N-dealkylation sites (N-methyl/N-ethyl adjacent to an activating group) is 1. The van der Waals surface area contributed by atoms with Gasteiger partial charge in [0.25, 0.3) is 0 Å². The molecule has 2 aromatic carbocycles. The van der Waals surface area contributed by atoms with Crippen molar-refractivity contribution in [3.05, 3.63) is 65.5 Å². The largest absolute Gasteiger partial charge is 0.497 e. The summed E-state index contributed by atoms with van der Waals surface area (Å²) in [6.45, 7) is 4.52. The molecule has 0 radical (unpaired) electrons. The fourth-order valence-electron chi connectivity index (χ4n) is 2.67. The normalized spacial score (nSPS) is 11.8. The highest BCUT2D eigenvalue weighted by atomic mass is 19.1. The molecule has 0 saturated heterocycles. The molecule has 2 aromatic rings. The van der Waals surface area contributed by atoms with Gasteiger partial charge in [-0.1, -0.05) is 24.3 Å². The highest BCUT2D eigenvalue weighted by Crippen LogP contribution is 2.24. The molecule has 0 aliphatic heterocycles. The average Bonchev–Trinajstić information content (AvgIpc) is 2.55. The zero-order chi connectivity index (χ0) is 16.8. The Hall–Kier alpha value is -2.36. The first-order valence-electron chi connectivity index (χ1n) is 7.73. The number of amides is 1. The van der Waals surface area contributed by atoms with Crippen molar-refractivity contribution in [2.75, 3.05) is 13.7 Å². The molecule has 0 spiro atoms. The fraction of sp³-hybridized carbons (Fsp3) is 0.316. The van der Waals surface area contributed by atoms with Crippen LogP contribution in [0.1, 0.15) is 31.0 Å². The van der Waals surface area contributed by atoms with Gasteiger partial charge >= 0.3 is 0 Å². The number of carbonyl (C=O) groups excluding carboxylic acids is 1. The van der Waals surface area contributed by atoms with Gasteiger partial charge in [0.1, 0.15) is 11.6 Å². The van der Waals surface area contributed by atoms with Crippen LogP contribution in [-0.4, -0.2) is 24.5 Å². The summed E-state index contributed by atoms with van der Waals surface area (Å²) in [5.41, 5.74) is 1.70. The predicted octanol–water partition coefficient (Wildman–Crippen LogP) is 3.99. The predicted molar refractivity (Wildman–Crippen MR) is 88.9 cm³/mol. The smallest absolute Gasteiger partial charge is 0.227 e. The van der Waals surface area contributed by atoms with Crippen molar-refractivity contribution in [1.82, 2.24) is 4.90 Å². The third-order valence-electron chi connectivity index (χ3n) is 3.95. The van der Waals surface area contributed by atoms with Crippen LogP contribution >= 0.6 is 0 Å². The van der Waals surface area contributed by atoms with E-state index in [1.807, 2.05) is 38.1 Å². The van der Waals surface area contributed by atoms with Crippen molar-refractivity contribution in [2.45, 2.75) is 26.3 Å². The minimum atomic E-state index is -0.320. The van der Waals surface area contributed by atoms with Crippen LogP contribution in [0.15, 0.2) is 48.5 Å². The van der Waals surface area contributed by atoms with Gasteiger partial charge in [-0.3, -0.25) is 4.79 Å². The van der Waals surface area contributed by atoms with Crippen LogP contribution in [0.25, 0.3) is 0 Å². The summed E-state index contributed by atoms with van der Waals surface area (Å²) in [5.74, 6) is 0.426. The van der Waals surface area contributed by atoms with Gasteiger partial charge in [0.2, 0.25) is 5.91 Å². The van der Waals surface area contributed by atoms with Crippen molar-refractivity contribution in [3.8, 4) is 5.75 Å². The Morgan fingerprint density at radius 2 is 1.96 bits per heavy atom. The van der Waals surface area contributed by atoms with Crippen LogP contribution < -0.4 is 4.74 Å². The van der Waals surface area contributed by atoms with Crippen molar-refractivity contribution < 1.29 is 13.9 Å². The first-order valence-corrected chi connectivity index (χ1v) is 7.73. The molecule has 0 N–H and O–H groups in total. The number of rotatable bonds is 6. The van der Waals surface area contributed by atoms with E-state index in [4.69, 9.17) is 4.74 Å². The lowest BCUT2D eigenvalue weighted by atomic mass is 10.0. The number of halogens is 1. The Bertz CT molecular complexity index is 672. The molecule has 1 unspecified atom stereocenters. The summed E-state index contributed by atoms with van der Waals surface area (Å²) in [4.78, 5) is 14.4. The molecule has 122 valence electrons. The summed E-state index contributed by atoms with van der Waals surface area (Å²) in [6, 6.07) is 13.8. The second kappa shape index (κ2) is 7.77. The van der Waals surface area contributed by atoms with E-state index >= 15 is 0 Å². The van der Waals surface area contributed by atoms with Gasteiger partial charge in [-0.2, -0.15) is 0 Å². The maximum Gasteiger partial charge on any atom is 0.227 e. The van der Waals surface area contributed by atoms with Gasteiger partial charge in [0.15, 0.2) is 0 Å². The summed E-state index contributed by atoms with van der Waals surface area (Å²) in [6.07, 6.45) is 0.194. The van der Waals surface area contributed by atoms with Crippen molar-refractivity contribution in [1.29, 1.82) is 0 Å². The molecular weight excluding hydrogens is 293 g/mol. The van der Waals surface area contributed by atoms with Gasteiger partial charge in [-0.05, 0) is 49.2 Å². The molecule has 0 bridgehead atoms. The fourth-order valence-corrected chi connectivity index (χ4v) is 2.67. The van der Waals surface area contributed by atoms with E-state index in [2.05, 4.69) is 0 Å². The highest BCUT2D eigenvalue weighted by molar-refractivity contribution is 5.79. The third kappa shape index (κ3) is 4.31. The Balaban J connectivity index is 2.15. The minimum absolute atomic E-state index is 0.0200. The summed E-state index contributed by atoms with van der Waals surface area (Å²) in [5, 5.41) is 0. The third-order valence-corrected chi connectivity index (χ3v) is 3.95. The summed E-state index contributed by atoms with van der Waals surface area (Å²) in [7, 11) is 1.62. The van der Waals surface area contributed by atoms with Crippen LogP contribution in [0.5, 0.6) is 5.75 Å². The molecule has 4 heteroatoms. The van der Waals surface area contributed by atoms with Gasteiger partial charge in [-0.15, -0.1) is 0 Å². The zero-order valence-corrected chi connectivity index (χ0v) is 13.8. The summed E-state index contributed by atoms with van der Waals surface area (Å²) < 4.78 is 18.5. The number of nitrogens with zero attached hydrogens (tertiary/aromatic N) is 1.